The third-order valence-corrected chi connectivity index (χ3v) is 4.66. The molecule has 19 heavy (non-hydrogen) atoms. The Morgan fingerprint density at radius 1 is 1.26 bits per heavy atom. The smallest absolute Gasteiger partial charge is 0.242 e. The van der Waals surface area contributed by atoms with Crippen LogP contribution in [0.1, 0.15) is 12.7 Å². The van der Waals surface area contributed by atoms with Gasteiger partial charge in [-0.15, -0.1) is 0 Å². The van der Waals surface area contributed by atoms with Crippen molar-refractivity contribution in [2.75, 3.05) is 0 Å². The van der Waals surface area contributed by atoms with Crippen LogP contribution in [0, 0.1) is 0 Å². The summed E-state index contributed by atoms with van der Waals surface area (Å²) in [5, 5.41) is 0.209. The summed E-state index contributed by atoms with van der Waals surface area (Å²) in [5.74, 6) is 0.731. The second kappa shape index (κ2) is 5.77. The molecular formula is C13H14ClNO3S. The fraction of sp³-hybridized carbons (Fsp3) is 0.231. The average Bonchev–Trinajstić information content (AvgIpc) is 2.81. The van der Waals surface area contributed by atoms with Crippen LogP contribution in [-0.2, 0) is 16.4 Å². The predicted octanol–water partition coefficient (Wildman–Crippen LogP) is 2.84. The summed E-state index contributed by atoms with van der Waals surface area (Å²) < 4.78 is 32.1. The number of rotatable bonds is 5. The van der Waals surface area contributed by atoms with E-state index in [0.717, 1.165) is 5.76 Å². The molecule has 0 aliphatic rings. The van der Waals surface area contributed by atoms with Crippen molar-refractivity contribution in [3.63, 3.8) is 0 Å². The molecule has 1 N–H and O–H groups in total. The van der Waals surface area contributed by atoms with Crippen LogP contribution < -0.4 is 4.72 Å². The van der Waals surface area contributed by atoms with Crippen LogP contribution >= 0.6 is 11.6 Å². The zero-order valence-corrected chi connectivity index (χ0v) is 11.9. The first kappa shape index (κ1) is 14.1. The Kier molecular flexibility index (Phi) is 4.29. The molecule has 2 rings (SSSR count). The third-order valence-electron chi connectivity index (χ3n) is 2.57. The van der Waals surface area contributed by atoms with E-state index < -0.39 is 10.0 Å². The molecular weight excluding hydrogens is 286 g/mol. The molecule has 0 radical (unpaired) electrons. The summed E-state index contributed by atoms with van der Waals surface area (Å²) >= 11 is 5.90. The molecule has 0 spiro atoms. The van der Waals surface area contributed by atoms with Crippen molar-refractivity contribution in [2.24, 2.45) is 0 Å². The van der Waals surface area contributed by atoms with Crippen molar-refractivity contribution in [3.8, 4) is 0 Å². The molecule has 2 aromatic rings. The minimum absolute atomic E-state index is 0.0861. The Bertz CT molecular complexity index is 638. The third kappa shape index (κ3) is 3.59. The molecule has 1 atom stereocenters. The van der Waals surface area contributed by atoms with Gasteiger partial charge in [-0.1, -0.05) is 23.7 Å². The van der Waals surface area contributed by atoms with Gasteiger partial charge < -0.3 is 4.42 Å². The Labute approximate surface area is 117 Å². The molecule has 1 aromatic carbocycles. The summed E-state index contributed by atoms with van der Waals surface area (Å²) in [4.78, 5) is 0.0861. The molecule has 4 nitrogen and oxygen atoms in total. The highest BCUT2D eigenvalue weighted by Gasteiger charge is 2.20. The quantitative estimate of drug-likeness (QED) is 0.923. The van der Waals surface area contributed by atoms with Crippen LogP contribution in [0.25, 0.3) is 0 Å². The zero-order valence-electron chi connectivity index (χ0n) is 10.3. The van der Waals surface area contributed by atoms with Crippen molar-refractivity contribution in [1.29, 1.82) is 0 Å². The van der Waals surface area contributed by atoms with Gasteiger partial charge in [0.1, 0.15) is 10.7 Å². The first-order valence-electron chi connectivity index (χ1n) is 5.78. The van der Waals surface area contributed by atoms with E-state index in [1.165, 1.54) is 6.07 Å². The van der Waals surface area contributed by atoms with E-state index in [2.05, 4.69) is 4.72 Å². The maximum atomic E-state index is 12.2. The topological polar surface area (TPSA) is 59.3 Å². The SMILES string of the molecule is CC(Cc1ccco1)NS(=O)(=O)c1ccccc1Cl. The number of halogens is 1. The van der Waals surface area contributed by atoms with Crippen molar-refractivity contribution < 1.29 is 12.8 Å². The monoisotopic (exact) mass is 299 g/mol. The van der Waals surface area contributed by atoms with Crippen LogP contribution in [0.5, 0.6) is 0 Å². The maximum Gasteiger partial charge on any atom is 0.242 e. The summed E-state index contributed by atoms with van der Waals surface area (Å²) in [6, 6.07) is 9.64. The average molecular weight is 300 g/mol. The summed E-state index contributed by atoms with van der Waals surface area (Å²) in [5.41, 5.74) is 0. The van der Waals surface area contributed by atoms with Gasteiger partial charge in [-0.3, -0.25) is 0 Å². The Hall–Kier alpha value is -1.30. The van der Waals surface area contributed by atoms with Gasteiger partial charge in [0.15, 0.2) is 0 Å². The number of benzene rings is 1. The Morgan fingerprint density at radius 2 is 2.00 bits per heavy atom. The van der Waals surface area contributed by atoms with E-state index in [1.807, 2.05) is 0 Å². The van der Waals surface area contributed by atoms with Gasteiger partial charge in [-0.2, -0.15) is 0 Å². The van der Waals surface area contributed by atoms with Crippen LogP contribution in [0.3, 0.4) is 0 Å². The fourth-order valence-electron chi connectivity index (χ4n) is 1.76. The van der Waals surface area contributed by atoms with Crippen molar-refractivity contribution in [3.05, 3.63) is 53.4 Å². The summed E-state index contributed by atoms with van der Waals surface area (Å²) in [6.45, 7) is 1.77. The Morgan fingerprint density at radius 3 is 2.63 bits per heavy atom. The second-order valence-electron chi connectivity index (χ2n) is 4.24. The molecule has 1 aromatic heterocycles. The van der Waals surface area contributed by atoms with Crippen molar-refractivity contribution in [2.45, 2.75) is 24.3 Å². The van der Waals surface area contributed by atoms with E-state index in [1.54, 1.807) is 43.5 Å². The molecule has 0 fully saturated rings. The van der Waals surface area contributed by atoms with Gasteiger partial charge in [0.2, 0.25) is 10.0 Å². The lowest BCUT2D eigenvalue weighted by molar-refractivity contribution is 0.479. The van der Waals surface area contributed by atoms with Gasteiger partial charge in [0, 0.05) is 12.5 Å². The van der Waals surface area contributed by atoms with Crippen LogP contribution in [-0.4, -0.2) is 14.5 Å². The summed E-state index contributed by atoms with van der Waals surface area (Å²) in [6.07, 6.45) is 2.04. The van der Waals surface area contributed by atoms with E-state index in [0.29, 0.717) is 6.42 Å². The highest BCUT2D eigenvalue weighted by Crippen LogP contribution is 2.20. The molecule has 0 saturated carbocycles. The molecule has 6 heteroatoms. The van der Waals surface area contributed by atoms with Gasteiger partial charge in [0.05, 0.1) is 11.3 Å². The van der Waals surface area contributed by atoms with Crippen molar-refractivity contribution >= 4 is 21.6 Å². The predicted molar refractivity (Wildman–Crippen MR) is 73.6 cm³/mol. The molecule has 1 unspecified atom stereocenters. The normalized spacial score (nSPS) is 13.4. The number of furan rings is 1. The molecule has 102 valence electrons. The van der Waals surface area contributed by atoms with E-state index >= 15 is 0 Å². The summed E-state index contributed by atoms with van der Waals surface area (Å²) in [7, 11) is -3.62. The lowest BCUT2D eigenvalue weighted by Gasteiger charge is -2.13. The second-order valence-corrected chi connectivity index (χ2v) is 6.33. The highest BCUT2D eigenvalue weighted by molar-refractivity contribution is 7.89. The molecule has 0 amide bonds. The Balaban J connectivity index is 2.11. The lowest BCUT2D eigenvalue weighted by Crippen LogP contribution is -2.34. The number of hydrogen-bond donors (Lipinski definition) is 1. The molecule has 0 saturated heterocycles. The number of sulfonamides is 1. The molecule has 0 aliphatic heterocycles. The molecule has 0 aliphatic carbocycles. The van der Waals surface area contributed by atoms with E-state index in [-0.39, 0.29) is 16.0 Å². The molecule has 0 bridgehead atoms. The minimum atomic E-state index is -3.62. The first-order valence-corrected chi connectivity index (χ1v) is 7.64. The molecule has 1 heterocycles. The van der Waals surface area contributed by atoms with Gasteiger partial charge >= 0.3 is 0 Å². The number of nitrogens with one attached hydrogen (secondary N) is 1. The van der Waals surface area contributed by atoms with Crippen molar-refractivity contribution in [1.82, 2.24) is 4.72 Å². The first-order chi connectivity index (χ1) is 8.99. The maximum absolute atomic E-state index is 12.2. The largest absolute Gasteiger partial charge is 0.469 e. The van der Waals surface area contributed by atoms with Gasteiger partial charge in [-0.25, -0.2) is 13.1 Å². The van der Waals surface area contributed by atoms with Gasteiger partial charge in [-0.05, 0) is 31.2 Å². The van der Waals surface area contributed by atoms with Crippen LogP contribution in [0.15, 0.2) is 52.0 Å². The minimum Gasteiger partial charge on any atom is -0.469 e. The van der Waals surface area contributed by atoms with E-state index in [4.69, 9.17) is 16.0 Å². The van der Waals surface area contributed by atoms with Crippen LogP contribution in [0.2, 0.25) is 5.02 Å². The fourth-order valence-corrected chi connectivity index (χ4v) is 3.53. The lowest BCUT2D eigenvalue weighted by atomic mass is 10.2. The van der Waals surface area contributed by atoms with E-state index in [9.17, 15) is 8.42 Å². The van der Waals surface area contributed by atoms with Crippen LogP contribution in [0.4, 0.5) is 0 Å². The number of hydrogen-bond acceptors (Lipinski definition) is 3. The van der Waals surface area contributed by atoms with Gasteiger partial charge in [0.25, 0.3) is 0 Å². The standard InChI is InChI=1S/C13H14ClNO3S/c1-10(9-11-5-4-8-18-11)15-19(16,17)13-7-3-2-6-12(13)14/h2-8,10,15H,9H2,1H3. The zero-order chi connectivity index (χ0) is 13.9. The highest BCUT2D eigenvalue weighted by atomic mass is 35.5.